The summed E-state index contributed by atoms with van der Waals surface area (Å²) in [5.41, 5.74) is 5.54. The van der Waals surface area contributed by atoms with E-state index in [0.717, 1.165) is 35.7 Å². The van der Waals surface area contributed by atoms with Crippen molar-refractivity contribution in [1.82, 2.24) is 19.6 Å². The summed E-state index contributed by atoms with van der Waals surface area (Å²) in [6, 6.07) is 16.4. The SMILES string of the molecule is C[C@@H]1c2ccccc2CCN1C(=O)c1cc(C2CC2)c2nn(-c3ccc(NC(=O)N4CCC([Si]=O)C4)cc3F)cc2c1. The zero-order valence-corrected chi connectivity index (χ0v) is 24.3. The summed E-state index contributed by atoms with van der Waals surface area (Å²) < 4.78 is 28.1. The van der Waals surface area contributed by atoms with Gasteiger partial charge in [-0.1, -0.05) is 24.3 Å². The summed E-state index contributed by atoms with van der Waals surface area (Å²) in [7, 11) is -0.437. The zero-order chi connectivity index (χ0) is 29.0. The molecule has 3 amide bonds. The standard InChI is InChI=1S/C32H31FN5O3Si/c1-19-26-5-3-2-4-20(26)10-13-37(19)31(39)22-14-23-17-38(35-30(23)27(15-22)21-6-7-21)29-9-8-24(16-28(29)33)34-32(40)36-12-11-25(18-36)42-41/h2-5,8-9,14-17,19,21,25H,6-7,10-13,18H2,1H3,(H,34,40)/t19-,25?/m1/s1. The topological polar surface area (TPSA) is 87.5 Å². The van der Waals surface area contributed by atoms with Gasteiger partial charge in [0.25, 0.3) is 5.91 Å². The van der Waals surface area contributed by atoms with E-state index in [9.17, 15) is 14.1 Å². The number of likely N-dealkylation sites (tertiary alicyclic amines) is 1. The van der Waals surface area contributed by atoms with Gasteiger partial charge >= 0.3 is 15.4 Å². The average molecular weight is 581 g/mol. The number of amides is 3. The molecule has 3 heterocycles. The van der Waals surface area contributed by atoms with Crippen molar-refractivity contribution < 1.29 is 18.4 Å². The fourth-order valence-electron chi connectivity index (χ4n) is 6.34. The molecule has 10 heteroatoms. The van der Waals surface area contributed by atoms with Gasteiger partial charge in [-0.05, 0) is 85.5 Å². The zero-order valence-electron chi connectivity index (χ0n) is 23.3. The third kappa shape index (κ3) is 4.83. The van der Waals surface area contributed by atoms with Crippen LogP contribution in [0.1, 0.15) is 65.2 Å². The van der Waals surface area contributed by atoms with Gasteiger partial charge in [0.1, 0.15) is 5.69 Å². The molecule has 1 aliphatic carbocycles. The van der Waals surface area contributed by atoms with E-state index in [1.165, 1.54) is 21.9 Å². The van der Waals surface area contributed by atoms with E-state index >= 15 is 4.39 Å². The quantitative estimate of drug-likeness (QED) is 0.299. The molecule has 3 aliphatic rings. The summed E-state index contributed by atoms with van der Waals surface area (Å²) >= 11 is 0. The van der Waals surface area contributed by atoms with E-state index < -0.39 is 15.2 Å². The molecule has 0 spiro atoms. The number of benzene rings is 3. The number of hydrogen-bond acceptors (Lipinski definition) is 4. The first-order valence-corrected chi connectivity index (χ1v) is 15.5. The summed E-state index contributed by atoms with van der Waals surface area (Å²) in [5.74, 6) is -0.177. The van der Waals surface area contributed by atoms with Gasteiger partial charge in [0.05, 0.1) is 11.6 Å². The molecule has 1 saturated carbocycles. The highest BCUT2D eigenvalue weighted by atomic mass is 28.2. The van der Waals surface area contributed by atoms with Crippen LogP contribution in [0.15, 0.2) is 60.8 Å². The number of halogens is 1. The van der Waals surface area contributed by atoms with Gasteiger partial charge < -0.3 is 19.6 Å². The Hall–Kier alpha value is -4.18. The average Bonchev–Trinajstić information content (AvgIpc) is 3.56. The number of carbonyl (C=O) groups excluding carboxylic acids is 2. The summed E-state index contributed by atoms with van der Waals surface area (Å²) in [4.78, 5) is 30.0. The van der Waals surface area contributed by atoms with Crippen LogP contribution in [-0.4, -0.2) is 60.6 Å². The largest absolute Gasteiger partial charge is 0.384 e. The van der Waals surface area contributed by atoms with Crippen LogP contribution in [-0.2, 0) is 10.9 Å². The van der Waals surface area contributed by atoms with Crippen LogP contribution in [0.25, 0.3) is 16.6 Å². The Labute approximate surface area is 245 Å². The van der Waals surface area contributed by atoms with Crippen LogP contribution in [0.3, 0.4) is 0 Å². The summed E-state index contributed by atoms with van der Waals surface area (Å²) in [5, 5.41) is 8.30. The Kier molecular flexibility index (Phi) is 6.73. The number of nitrogens with zero attached hydrogens (tertiary/aromatic N) is 4. The predicted octanol–water partition coefficient (Wildman–Crippen LogP) is 5.88. The highest BCUT2D eigenvalue weighted by Crippen LogP contribution is 2.44. The minimum Gasteiger partial charge on any atom is -0.384 e. The van der Waals surface area contributed by atoms with Crippen molar-refractivity contribution in [3.05, 3.63) is 88.9 Å². The molecular formula is C32H31FN5O3Si. The lowest BCUT2D eigenvalue weighted by Crippen LogP contribution is -2.38. The second-order valence-electron chi connectivity index (χ2n) is 11.6. The third-order valence-corrected chi connectivity index (χ3v) is 9.65. The third-order valence-electron chi connectivity index (χ3n) is 8.85. The first-order chi connectivity index (χ1) is 20.4. The van der Waals surface area contributed by atoms with Crippen LogP contribution in [0.2, 0.25) is 5.54 Å². The van der Waals surface area contributed by atoms with E-state index in [1.807, 2.05) is 29.2 Å². The normalized spacial score (nSPS) is 20.0. The molecule has 3 aromatic carbocycles. The molecule has 2 aliphatic heterocycles. The summed E-state index contributed by atoms with van der Waals surface area (Å²) in [6.45, 7) is 3.71. The molecule has 4 aromatic rings. The lowest BCUT2D eigenvalue weighted by Gasteiger charge is -2.35. The number of carbonyl (C=O) groups is 2. The molecule has 1 unspecified atom stereocenters. The minimum atomic E-state index is -0.522. The number of rotatable bonds is 5. The van der Waals surface area contributed by atoms with Crippen LogP contribution in [0.5, 0.6) is 0 Å². The molecule has 2 fully saturated rings. The van der Waals surface area contributed by atoms with Gasteiger partial charge in [-0.2, -0.15) is 5.10 Å². The van der Waals surface area contributed by atoms with Crippen LogP contribution < -0.4 is 5.32 Å². The van der Waals surface area contributed by atoms with Gasteiger partial charge in [0.15, 0.2) is 5.82 Å². The molecule has 0 bridgehead atoms. The van der Waals surface area contributed by atoms with Crippen molar-refractivity contribution in [3.8, 4) is 5.69 Å². The van der Waals surface area contributed by atoms with Gasteiger partial charge in [-0.15, -0.1) is 0 Å². The lowest BCUT2D eigenvalue weighted by atomic mass is 9.92. The Morgan fingerprint density at radius 1 is 1.02 bits per heavy atom. The monoisotopic (exact) mass is 580 g/mol. The molecule has 7 rings (SSSR count). The fraction of sp³-hybridized carbons (Fsp3) is 0.344. The molecule has 1 saturated heterocycles. The first-order valence-electron chi connectivity index (χ1n) is 14.5. The molecule has 213 valence electrons. The second-order valence-corrected chi connectivity index (χ2v) is 12.7. The molecular weight excluding hydrogens is 549 g/mol. The van der Waals surface area contributed by atoms with Gasteiger partial charge in [-0.25, -0.2) is 13.9 Å². The van der Waals surface area contributed by atoms with E-state index in [1.54, 1.807) is 23.2 Å². The number of urea groups is 1. The van der Waals surface area contributed by atoms with Gasteiger partial charge in [0.2, 0.25) is 0 Å². The Balaban J connectivity index is 1.16. The lowest BCUT2D eigenvalue weighted by molar-refractivity contribution is 0.0677. The molecule has 42 heavy (non-hydrogen) atoms. The van der Waals surface area contributed by atoms with Crippen molar-refractivity contribution in [3.63, 3.8) is 0 Å². The number of hydrogen-bond donors (Lipinski definition) is 1. The minimum absolute atomic E-state index is 0.000113. The molecule has 1 aromatic heterocycles. The van der Waals surface area contributed by atoms with Crippen molar-refractivity contribution >= 4 is 37.9 Å². The highest BCUT2D eigenvalue weighted by Gasteiger charge is 2.32. The Bertz CT molecular complexity index is 1730. The molecule has 2 atom stereocenters. The maximum atomic E-state index is 15.4. The van der Waals surface area contributed by atoms with Crippen LogP contribution >= 0.6 is 0 Å². The second kappa shape index (κ2) is 10.6. The highest BCUT2D eigenvalue weighted by molar-refractivity contribution is 6.20. The van der Waals surface area contributed by atoms with Crippen molar-refractivity contribution in [1.29, 1.82) is 0 Å². The molecule has 8 nitrogen and oxygen atoms in total. The van der Waals surface area contributed by atoms with Crippen molar-refractivity contribution in [2.24, 2.45) is 0 Å². The fourth-order valence-corrected chi connectivity index (χ4v) is 6.89. The van der Waals surface area contributed by atoms with Crippen LogP contribution in [0, 0.1) is 5.82 Å². The Morgan fingerprint density at radius 3 is 2.62 bits per heavy atom. The van der Waals surface area contributed by atoms with E-state index in [0.29, 0.717) is 43.2 Å². The number of nitrogens with one attached hydrogen (secondary N) is 1. The number of anilines is 1. The van der Waals surface area contributed by atoms with Gasteiger partial charge in [0, 0.05) is 48.0 Å². The first kappa shape index (κ1) is 26.7. The van der Waals surface area contributed by atoms with Crippen molar-refractivity contribution in [2.75, 3.05) is 25.0 Å². The Morgan fingerprint density at radius 2 is 1.86 bits per heavy atom. The van der Waals surface area contributed by atoms with Crippen molar-refractivity contribution in [2.45, 2.75) is 50.1 Å². The van der Waals surface area contributed by atoms with Gasteiger partial charge in [-0.3, -0.25) is 4.79 Å². The molecule has 1 N–H and O–H groups in total. The van der Waals surface area contributed by atoms with E-state index in [-0.39, 0.29) is 29.2 Å². The molecule has 1 radical (unpaired) electrons. The predicted molar refractivity (Wildman–Crippen MR) is 158 cm³/mol. The smallest absolute Gasteiger partial charge is 0.331 e. The summed E-state index contributed by atoms with van der Waals surface area (Å²) in [6.07, 6.45) is 5.40. The van der Waals surface area contributed by atoms with E-state index in [2.05, 4.69) is 24.4 Å². The maximum absolute atomic E-state index is 15.4. The maximum Gasteiger partial charge on any atom is 0.331 e. The number of fused-ring (bicyclic) bond motifs is 2. The number of aromatic nitrogens is 2. The van der Waals surface area contributed by atoms with Crippen LogP contribution in [0.4, 0.5) is 14.9 Å². The van der Waals surface area contributed by atoms with E-state index in [4.69, 9.17) is 5.10 Å².